The fraction of sp³-hybridized carbons (Fsp3) is 0.235. The summed E-state index contributed by atoms with van der Waals surface area (Å²) in [6.45, 7) is 0.562. The molecule has 0 bridgehead atoms. The van der Waals surface area contributed by atoms with Gasteiger partial charge in [-0.3, -0.25) is 0 Å². The van der Waals surface area contributed by atoms with Crippen molar-refractivity contribution in [2.75, 3.05) is 6.61 Å². The Labute approximate surface area is 129 Å². The van der Waals surface area contributed by atoms with Crippen LogP contribution < -0.4 is 0 Å². The predicted molar refractivity (Wildman–Crippen MR) is 83.6 cm³/mol. The number of hydrogen-bond donors (Lipinski definition) is 0. The molecule has 4 heteroatoms. The van der Waals surface area contributed by atoms with Crippen LogP contribution >= 0.6 is 11.6 Å². The molecule has 1 aliphatic rings. The van der Waals surface area contributed by atoms with E-state index in [-0.39, 0.29) is 0 Å². The third-order valence-electron chi connectivity index (χ3n) is 3.24. The van der Waals surface area contributed by atoms with E-state index in [0.717, 1.165) is 12.0 Å². The maximum Gasteiger partial charge on any atom is 0.220 e. The zero-order valence-electron chi connectivity index (χ0n) is 11.5. The van der Waals surface area contributed by atoms with Gasteiger partial charge in [0.05, 0.1) is 6.61 Å². The van der Waals surface area contributed by atoms with Crippen molar-refractivity contribution in [3.05, 3.63) is 71.8 Å². The summed E-state index contributed by atoms with van der Waals surface area (Å²) in [5, 5.41) is 0. The summed E-state index contributed by atoms with van der Waals surface area (Å²) >= 11 is 6.14. The molecule has 0 amide bonds. The van der Waals surface area contributed by atoms with Crippen molar-refractivity contribution in [1.29, 1.82) is 0 Å². The Bertz CT molecular complexity index is 601. The number of ether oxygens (including phenoxy) is 2. The Morgan fingerprint density at radius 2 is 1.67 bits per heavy atom. The average Bonchev–Trinajstić information content (AvgIpc) is 2.91. The van der Waals surface area contributed by atoms with E-state index in [1.165, 1.54) is 5.56 Å². The second kappa shape index (κ2) is 6.74. The van der Waals surface area contributed by atoms with Crippen molar-refractivity contribution in [3.63, 3.8) is 0 Å². The van der Waals surface area contributed by atoms with E-state index in [1.54, 1.807) is 0 Å². The lowest BCUT2D eigenvalue weighted by molar-refractivity contribution is 0.0279. The number of aliphatic imine (C=N–C) groups is 1. The molecule has 3 nitrogen and oxygen atoms in total. The molecule has 108 valence electrons. The lowest BCUT2D eigenvalue weighted by Gasteiger charge is -2.11. The third kappa shape index (κ3) is 3.63. The van der Waals surface area contributed by atoms with Crippen molar-refractivity contribution >= 4 is 17.5 Å². The van der Waals surface area contributed by atoms with Gasteiger partial charge in [-0.25, -0.2) is 4.99 Å². The van der Waals surface area contributed by atoms with Crippen LogP contribution in [0.5, 0.6) is 0 Å². The maximum atomic E-state index is 6.14. The summed E-state index contributed by atoms with van der Waals surface area (Å²) in [5.74, 6) is 0.542. The molecule has 2 aromatic carbocycles. The van der Waals surface area contributed by atoms with Crippen molar-refractivity contribution in [3.8, 4) is 0 Å². The van der Waals surface area contributed by atoms with Crippen molar-refractivity contribution in [1.82, 2.24) is 0 Å². The van der Waals surface area contributed by atoms with Crippen molar-refractivity contribution < 1.29 is 9.47 Å². The van der Waals surface area contributed by atoms with Gasteiger partial charge in [0.1, 0.15) is 0 Å². The van der Waals surface area contributed by atoms with Crippen LogP contribution in [-0.4, -0.2) is 24.3 Å². The van der Waals surface area contributed by atoms with Crippen LogP contribution in [0.4, 0.5) is 0 Å². The molecular formula is C17H16ClNO2. The second-order valence-electron chi connectivity index (χ2n) is 4.77. The third-order valence-corrected chi connectivity index (χ3v) is 3.54. The zero-order valence-corrected chi connectivity index (χ0v) is 12.2. The summed E-state index contributed by atoms with van der Waals surface area (Å²) in [5.41, 5.74) is 1.57. The Balaban J connectivity index is 1.57. The summed E-state index contributed by atoms with van der Waals surface area (Å²) < 4.78 is 11.3. The number of benzene rings is 2. The summed E-state index contributed by atoms with van der Waals surface area (Å²) in [7, 11) is 0. The minimum atomic E-state index is -0.573. The first-order valence-electron chi connectivity index (χ1n) is 6.92. The molecule has 1 heterocycles. The van der Waals surface area contributed by atoms with Crippen LogP contribution in [0, 0.1) is 0 Å². The zero-order chi connectivity index (χ0) is 14.5. The lowest BCUT2D eigenvalue weighted by atomic mass is 10.2. The predicted octanol–water partition coefficient (Wildman–Crippen LogP) is 3.61. The quantitative estimate of drug-likeness (QED) is 0.790. The molecule has 0 aromatic heterocycles. The molecule has 0 fully saturated rings. The molecule has 0 saturated carbocycles. The fourth-order valence-electron chi connectivity index (χ4n) is 2.15. The van der Waals surface area contributed by atoms with Gasteiger partial charge in [0.25, 0.3) is 0 Å². The highest BCUT2D eigenvalue weighted by molar-refractivity contribution is 6.21. The Morgan fingerprint density at radius 1 is 1.00 bits per heavy atom. The Kier molecular flexibility index (Phi) is 4.53. The van der Waals surface area contributed by atoms with E-state index in [1.807, 2.05) is 48.5 Å². The molecule has 2 atom stereocenters. The first-order valence-corrected chi connectivity index (χ1v) is 7.36. The van der Waals surface area contributed by atoms with Crippen LogP contribution in [0.25, 0.3) is 0 Å². The summed E-state index contributed by atoms with van der Waals surface area (Å²) in [4.78, 5) is 4.41. The van der Waals surface area contributed by atoms with Gasteiger partial charge >= 0.3 is 0 Å². The largest absolute Gasteiger partial charge is 0.453 e. The SMILES string of the molecule is Cl[C@@H]1OC(c2ccccc2)=N[C@H]1OCCc1ccccc1. The molecular weight excluding hydrogens is 286 g/mol. The number of hydrogen-bond acceptors (Lipinski definition) is 3. The Morgan fingerprint density at radius 3 is 2.38 bits per heavy atom. The average molecular weight is 302 g/mol. The lowest BCUT2D eigenvalue weighted by Crippen LogP contribution is -2.20. The molecule has 3 rings (SSSR count). The highest BCUT2D eigenvalue weighted by atomic mass is 35.5. The van der Waals surface area contributed by atoms with Gasteiger partial charge in [0, 0.05) is 5.56 Å². The molecule has 1 aliphatic heterocycles. The van der Waals surface area contributed by atoms with Gasteiger partial charge in [0.15, 0.2) is 0 Å². The van der Waals surface area contributed by atoms with E-state index in [4.69, 9.17) is 21.1 Å². The van der Waals surface area contributed by atoms with Gasteiger partial charge < -0.3 is 9.47 Å². The smallest absolute Gasteiger partial charge is 0.220 e. The van der Waals surface area contributed by atoms with Crippen LogP contribution in [0.2, 0.25) is 0 Å². The topological polar surface area (TPSA) is 30.8 Å². The first kappa shape index (κ1) is 14.1. The summed E-state index contributed by atoms with van der Waals surface area (Å²) in [6.07, 6.45) is 0.377. The molecule has 0 spiro atoms. The van der Waals surface area contributed by atoms with Crippen LogP contribution in [0.15, 0.2) is 65.7 Å². The van der Waals surface area contributed by atoms with Gasteiger partial charge in [-0.1, -0.05) is 60.1 Å². The van der Waals surface area contributed by atoms with Gasteiger partial charge in [-0.15, -0.1) is 0 Å². The molecule has 0 saturated heterocycles. The van der Waals surface area contributed by atoms with E-state index in [0.29, 0.717) is 12.5 Å². The van der Waals surface area contributed by atoms with E-state index < -0.39 is 11.8 Å². The van der Waals surface area contributed by atoms with Crippen molar-refractivity contribution in [2.45, 2.75) is 18.2 Å². The van der Waals surface area contributed by atoms with Crippen LogP contribution in [-0.2, 0) is 15.9 Å². The fourth-order valence-corrected chi connectivity index (χ4v) is 2.36. The maximum absolute atomic E-state index is 6.14. The number of alkyl halides is 1. The molecule has 0 unspecified atom stereocenters. The summed E-state index contributed by atoms with van der Waals surface area (Å²) in [6, 6.07) is 19.9. The monoisotopic (exact) mass is 301 g/mol. The normalized spacial score (nSPS) is 20.9. The highest BCUT2D eigenvalue weighted by Crippen LogP contribution is 2.22. The standard InChI is InChI=1S/C17H16ClNO2/c18-15-17(20-12-11-13-7-3-1-4-8-13)19-16(21-15)14-9-5-2-6-10-14/h1-10,15,17H,11-12H2/t15-,17+/m1/s1. The number of halogens is 1. The number of rotatable bonds is 5. The number of nitrogens with zero attached hydrogens (tertiary/aromatic N) is 1. The molecule has 21 heavy (non-hydrogen) atoms. The van der Waals surface area contributed by atoms with Crippen LogP contribution in [0.3, 0.4) is 0 Å². The van der Waals surface area contributed by atoms with Gasteiger partial charge in [-0.2, -0.15) is 0 Å². The minimum Gasteiger partial charge on any atom is -0.453 e. The van der Waals surface area contributed by atoms with Gasteiger partial charge in [0.2, 0.25) is 17.7 Å². The highest BCUT2D eigenvalue weighted by Gasteiger charge is 2.30. The Hall–Kier alpha value is -1.84. The van der Waals surface area contributed by atoms with E-state index in [9.17, 15) is 0 Å². The van der Waals surface area contributed by atoms with E-state index in [2.05, 4.69) is 17.1 Å². The van der Waals surface area contributed by atoms with E-state index >= 15 is 0 Å². The minimum absolute atomic E-state index is 0.453. The molecule has 0 N–H and O–H groups in total. The molecule has 0 radical (unpaired) electrons. The second-order valence-corrected chi connectivity index (χ2v) is 5.20. The first-order chi connectivity index (χ1) is 10.3. The van der Waals surface area contributed by atoms with Crippen molar-refractivity contribution in [2.24, 2.45) is 4.99 Å². The van der Waals surface area contributed by atoms with Crippen LogP contribution in [0.1, 0.15) is 11.1 Å². The molecule has 0 aliphatic carbocycles. The molecule has 2 aromatic rings. The van der Waals surface area contributed by atoms with Gasteiger partial charge in [-0.05, 0) is 24.1 Å².